The number of benzene rings is 1. The van der Waals surface area contributed by atoms with E-state index in [1.54, 1.807) is 38.1 Å². The molecule has 0 atom stereocenters. The number of rotatable bonds is 4. The second-order valence-corrected chi connectivity index (χ2v) is 8.29. The van der Waals surface area contributed by atoms with Crippen molar-refractivity contribution in [2.75, 3.05) is 6.61 Å². The van der Waals surface area contributed by atoms with Crippen LogP contribution in [0.3, 0.4) is 0 Å². The number of nitrogens with zero attached hydrogens (tertiary/aromatic N) is 1. The number of fused-ring (bicyclic) bond motifs is 1. The first-order chi connectivity index (χ1) is 12.3. The largest absolute Gasteiger partial charge is 0.463 e. The summed E-state index contributed by atoms with van der Waals surface area (Å²) < 4.78 is 32.8. The fourth-order valence-corrected chi connectivity index (χ4v) is 5.00. The van der Waals surface area contributed by atoms with Crippen LogP contribution in [0, 0.1) is 13.8 Å². The molecule has 0 bridgehead atoms. The molecule has 0 saturated carbocycles. The van der Waals surface area contributed by atoms with Crippen LogP contribution in [0.5, 0.6) is 0 Å². The lowest BCUT2D eigenvalue weighted by Gasteiger charge is -2.19. The Labute approximate surface area is 154 Å². The van der Waals surface area contributed by atoms with Crippen LogP contribution in [0.1, 0.15) is 42.3 Å². The van der Waals surface area contributed by atoms with Crippen molar-refractivity contribution in [3.63, 3.8) is 0 Å². The molecular formula is C20H23NO4S. The van der Waals surface area contributed by atoms with Gasteiger partial charge in [-0.2, -0.15) is 0 Å². The second kappa shape index (κ2) is 7.11. The average Bonchev–Trinajstić information content (AvgIpc) is 2.93. The van der Waals surface area contributed by atoms with Crippen LogP contribution in [0.4, 0.5) is 0 Å². The van der Waals surface area contributed by atoms with E-state index < -0.39 is 10.0 Å². The van der Waals surface area contributed by atoms with Crippen molar-refractivity contribution in [2.24, 2.45) is 0 Å². The minimum atomic E-state index is -3.67. The quantitative estimate of drug-likeness (QED) is 0.606. The Morgan fingerprint density at radius 3 is 2.54 bits per heavy atom. The maximum absolute atomic E-state index is 13.2. The molecule has 0 fully saturated rings. The molecule has 6 heteroatoms. The third kappa shape index (κ3) is 3.33. The van der Waals surface area contributed by atoms with E-state index in [4.69, 9.17) is 4.74 Å². The molecule has 3 rings (SSSR count). The van der Waals surface area contributed by atoms with Crippen LogP contribution < -0.4 is 0 Å². The molecule has 138 valence electrons. The van der Waals surface area contributed by atoms with E-state index in [0.29, 0.717) is 18.7 Å². The first kappa shape index (κ1) is 18.5. The van der Waals surface area contributed by atoms with Gasteiger partial charge >= 0.3 is 5.97 Å². The Morgan fingerprint density at radius 2 is 1.88 bits per heavy atom. The highest BCUT2D eigenvalue weighted by molar-refractivity contribution is 7.90. The van der Waals surface area contributed by atoms with E-state index in [1.807, 2.05) is 13.0 Å². The van der Waals surface area contributed by atoms with Crippen molar-refractivity contribution in [1.82, 2.24) is 3.97 Å². The average molecular weight is 373 g/mol. The Bertz CT molecular complexity index is 966. The van der Waals surface area contributed by atoms with E-state index >= 15 is 0 Å². The Hall–Kier alpha value is -2.34. The molecule has 0 N–H and O–H groups in total. The van der Waals surface area contributed by atoms with Gasteiger partial charge in [0.25, 0.3) is 10.0 Å². The lowest BCUT2D eigenvalue weighted by atomic mass is 9.92. The highest BCUT2D eigenvalue weighted by Gasteiger charge is 2.28. The van der Waals surface area contributed by atoms with Gasteiger partial charge in [0.1, 0.15) is 0 Å². The molecule has 26 heavy (non-hydrogen) atoms. The van der Waals surface area contributed by atoms with Gasteiger partial charge in [-0.15, -0.1) is 0 Å². The molecule has 0 saturated heterocycles. The Kier molecular flexibility index (Phi) is 5.05. The van der Waals surface area contributed by atoms with E-state index in [0.717, 1.165) is 35.2 Å². The van der Waals surface area contributed by atoms with E-state index in [-0.39, 0.29) is 10.9 Å². The highest BCUT2D eigenvalue weighted by atomic mass is 32.2. The summed E-state index contributed by atoms with van der Waals surface area (Å²) in [6.45, 7) is 5.78. The van der Waals surface area contributed by atoms with Gasteiger partial charge in [0.05, 0.1) is 11.5 Å². The van der Waals surface area contributed by atoms with Crippen LogP contribution in [-0.2, 0) is 26.0 Å². The maximum atomic E-state index is 13.2. The zero-order valence-electron chi connectivity index (χ0n) is 15.3. The molecule has 1 aromatic heterocycles. The molecule has 0 amide bonds. The van der Waals surface area contributed by atoms with Gasteiger partial charge in [0.15, 0.2) is 0 Å². The number of carbonyl (C=O) groups is 1. The fourth-order valence-electron chi connectivity index (χ4n) is 3.39. The summed E-state index contributed by atoms with van der Waals surface area (Å²) in [7, 11) is -3.67. The highest BCUT2D eigenvalue weighted by Crippen LogP contribution is 2.35. The molecule has 1 aliphatic rings. The molecular weight excluding hydrogens is 350 g/mol. The van der Waals surface area contributed by atoms with Gasteiger partial charge in [0, 0.05) is 23.0 Å². The number of carbonyl (C=O) groups excluding carboxylic acids is 1. The first-order valence-corrected chi connectivity index (χ1v) is 10.2. The molecule has 0 unspecified atom stereocenters. The van der Waals surface area contributed by atoms with Crippen molar-refractivity contribution in [2.45, 2.75) is 44.9 Å². The zero-order valence-corrected chi connectivity index (χ0v) is 16.1. The van der Waals surface area contributed by atoms with Crippen LogP contribution >= 0.6 is 0 Å². The SMILES string of the molecule is CCOC(=O)/C=C1\CCCc2c1cc(C)n2S(=O)(=O)c1ccc(C)cc1. The Balaban J connectivity index is 2.10. The summed E-state index contributed by atoms with van der Waals surface area (Å²) in [6.07, 6.45) is 3.68. The van der Waals surface area contributed by atoms with Gasteiger partial charge in [0.2, 0.25) is 0 Å². The minimum absolute atomic E-state index is 0.270. The van der Waals surface area contributed by atoms with Crippen molar-refractivity contribution in [1.29, 1.82) is 0 Å². The third-order valence-electron chi connectivity index (χ3n) is 4.57. The van der Waals surface area contributed by atoms with Crippen LogP contribution in [-0.4, -0.2) is 25.0 Å². The molecule has 0 spiro atoms. The number of allylic oxidation sites excluding steroid dienone is 1. The second-order valence-electron chi connectivity index (χ2n) is 6.50. The number of ether oxygens (including phenoxy) is 1. The van der Waals surface area contributed by atoms with E-state index in [2.05, 4.69) is 0 Å². The summed E-state index contributed by atoms with van der Waals surface area (Å²) in [6, 6.07) is 8.71. The minimum Gasteiger partial charge on any atom is -0.463 e. The van der Waals surface area contributed by atoms with Crippen LogP contribution in [0.2, 0.25) is 0 Å². The normalized spacial score (nSPS) is 15.7. The lowest BCUT2D eigenvalue weighted by molar-refractivity contribution is -0.137. The smallest absolute Gasteiger partial charge is 0.331 e. The van der Waals surface area contributed by atoms with Crippen molar-refractivity contribution in [3.8, 4) is 0 Å². The Morgan fingerprint density at radius 1 is 1.19 bits per heavy atom. The number of aromatic nitrogens is 1. The number of hydrogen-bond acceptors (Lipinski definition) is 4. The summed E-state index contributed by atoms with van der Waals surface area (Å²) in [5.74, 6) is -0.387. The standard InChI is InChI=1S/C20H23NO4S/c1-4-25-20(22)13-16-6-5-7-19-18(16)12-15(3)21(19)26(23,24)17-10-8-14(2)9-11-17/h8-13H,4-7H2,1-3H3/b16-13+. The summed E-state index contributed by atoms with van der Waals surface area (Å²) in [4.78, 5) is 12.1. The third-order valence-corrected chi connectivity index (χ3v) is 6.43. The van der Waals surface area contributed by atoms with Gasteiger partial charge in [-0.05, 0) is 63.8 Å². The van der Waals surface area contributed by atoms with Gasteiger partial charge in [-0.3, -0.25) is 0 Å². The predicted molar refractivity (Wildman–Crippen MR) is 100 cm³/mol. The van der Waals surface area contributed by atoms with Crippen molar-refractivity contribution in [3.05, 3.63) is 58.9 Å². The molecule has 1 aliphatic carbocycles. The summed E-state index contributed by atoms with van der Waals surface area (Å²) in [5.41, 5.74) is 4.06. The summed E-state index contributed by atoms with van der Waals surface area (Å²) >= 11 is 0. The van der Waals surface area contributed by atoms with Gasteiger partial charge in [-0.1, -0.05) is 17.7 Å². The van der Waals surface area contributed by atoms with Gasteiger partial charge in [-0.25, -0.2) is 17.2 Å². The number of esters is 1. The van der Waals surface area contributed by atoms with Crippen molar-refractivity contribution >= 4 is 21.6 Å². The molecule has 2 aromatic rings. The van der Waals surface area contributed by atoms with E-state index in [9.17, 15) is 13.2 Å². The van der Waals surface area contributed by atoms with Crippen LogP contribution in [0.15, 0.2) is 41.3 Å². The monoisotopic (exact) mass is 373 g/mol. The fraction of sp³-hybridized carbons (Fsp3) is 0.350. The molecule has 0 radical (unpaired) electrons. The summed E-state index contributed by atoms with van der Waals surface area (Å²) in [5, 5.41) is 0. The van der Waals surface area contributed by atoms with Crippen molar-refractivity contribution < 1.29 is 17.9 Å². The molecule has 1 aromatic carbocycles. The predicted octanol–water partition coefficient (Wildman–Crippen LogP) is 3.62. The maximum Gasteiger partial charge on any atom is 0.331 e. The van der Waals surface area contributed by atoms with Crippen LogP contribution in [0.25, 0.3) is 5.57 Å². The topological polar surface area (TPSA) is 65.4 Å². The number of hydrogen-bond donors (Lipinski definition) is 0. The van der Waals surface area contributed by atoms with E-state index in [1.165, 1.54) is 10.0 Å². The molecule has 0 aliphatic heterocycles. The zero-order chi connectivity index (χ0) is 18.9. The molecule has 1 heterocycles. The number of aryl methyl sites for hydroxylation is 2. The lowest BCUT2D eigenvalue weighted by Crippen LogP contribution is -2.19. The first-order valence-electron chi connectivity index (χ1n) is 8.75. The molecule has 5 nitrogen and oxygen atoms in total. The van der Waals surface area contributed by atoms with Gasteiger partial charge < -0.3 is 4.74 Å².